The van der Waals surface area contributed by atoms with Gasteiger partial charge in [0.1, 0.15) is 11.6 Å². The van der Waals surface area contributed by atoms with Gasteiger partial charge < -0.3 is 15.0 Å². The van der Waals surface area contributed by atoms with E-state index in [0.29, 0.717) is 34.6 Å². The summed E-state index contributed by atoms with van der Waals surface area (Å²) in [6.45, 7) is 3.95. The van der Waals surface area contributed by atoms with E-state index in [1.807, 2.05) is 68.4 Å². The van der Waals surface area contributed by atoms with Gasteiger partial charge in [-0.15, -0.1) is 0 Å². The molecule has 1 heterocycles. The highest BCUT2D eigenvalue weighted by Gasteiger charge is 2.27. The summed E-state index contributed by atoms with van der Waals surface area (Å²) < 4.78 is 6.98. The van der Waals surface area contributed by atoms with Crippen LogP contribution in [0, 0.1) is 6.92 Å². The van der Waals surface area contributed by atoms with Crippen LogP contribution in [0.2, 0.25) is 0 Å². The van der Waals surface area contributed by atoms with Gasteiger partial charge in [0.05, 0.1) is 35.4 Å². The molecule has 0 saturated carbocycles. The maximum absolute atomic E-state index is 13.6. The minimum atomic E-state index is -0.451. The first-order valence-electron chi connectivity index (χ1n) is 11.2. The van der Waals surface area contributed by atoms with E-state index in [4.69, 9.17) is 9.72 Å². The molecule has 0 radical (unpaired) electrons. The lowest BCUT2D eigenvalue weighted by Crippen LogP contribution is -2.38. The summed E-state index contributed by atoms with van der Waals surface area (Å²) in [6.07, 6.45) is 0.562. The molecule has 7 heteroatoms. The number of hydrogen-bond donors (Lipinski definition) is 1. The number of nitrogens with zero attached hydrogens (tertiary/aromatic N) is 3. The molecule has 3 aromatic carbocycles. The average Bonchev–Trinajstić information content (AvgIpc) is 2.85. The molecule has 1 N–H and O–H groups in total. The van der Waals surface area contributed by atoms with E-state index in [9.17, 15) is 9.59 Å². The number of carbonyl (C=O) groups excluding carboxylic acids is 1. The van der Waals surface area contributed by atoms with Crippen LogP contribution in [-0.4, -0.2) is 34.6 Å². The first-order chi connectivity index (χ1) is 16.4. The number of ether oxygens (including phenoxy) is 1. The largest absolute Gasteiger partial charge is 0.495 e. The standard InChI is InChI=1S/C27H28N4O3/c1-5-23(30(3)27(33)29-22-15-8-9-16-24(22)34-4)25-28-21-14-7-6-13-20(21)26(32)31(25)19-12-10-11-18(2)17-19/h6-17,23H,5H2,1-4H3,(H,29,33). The Hall–Kier alpha value is -4.13. The summed E-state index contributed by atoms with van der Waals surface area (Å²) in [6, 6.07) is 21.5. The molecule has 1 aromatic heterocycles. The highest BCUT2D eigenvalue weighted by atomic mass is 16.5. The summed E-state index contributed by atoms with van der Waals surface area (Å²) in [5.41, 5.74) is 2.75. The fourth-order valence-corrected chi connectivity index (χ4v) is 4.11. The summed E-state index contributed by atoms with van der Waals surface area (Å²) >= 11 is 0. The molecule has 7 nitrogen and oxygen atoms in total. The fraction of sp³-hybridized carbons (Fsp3) is 0.222. The second-order valence-corrected chi connectivity index (χ2v) is 8.13. The van der Waals surface area contributed by atoms with Crippen LogP contribution in [0.5, 0.6) is 5.75 Å². The predicted molar refractivity (Wildman–Crippen MR) is 135 cm³/mol. The van der Waals surface area contributed by atoms with Gasteiger partial charge in [0.2, 0.25) is 0 Å². The number of fused-ring (bicyclic) bond motifs is 1. The number of anilines is 1. The van der Waals surface area contributed by atoms with Crippen LogP contribution in [0.4, 0.5) is 10.5 Å². The Bertz CT molecular complexity index is 1400. The zero-order chi connectivity index (χ0) is 24.2. The van der Waals surface area contributed by atoms with Gasteiger partial charge in [-0.05, 0) is 55.3 Å². The molecular formula is C27H28N4O3. The molecule has 2 amide bonds. The maximum atomic E-state index is 13.6. The van der Waals surface area contributed by atoms with Crippen molar-refractivity contribution in [1.29, 1.82) is 0 Å². The second kappa shape index (κ2) is 9.79. The molecule has 0 aliphatic heterocycles. The van der Waals surface area contributed by atoms with E-state index in [2.05, 4.69) is 5.32 Å². The molecule has 0 fully saturated rings. The minimum Gasteiger partial charge on any atom is -0.495 e. The summed E-state index contributed by atoms with van der Waals surface area (Å²) in [4.78, 5) is 33.3. The number of rotatable bonds is 6. The Morgan fingerprint density at radius 2 is 1.82 bits per heavy atom. The molecular weight excluding hydrogens is 428 g/mol. The number of urea groups is 1. The third-order valence-electron chi connectivity index (χ3n) is 5.88. The van der Waals surface area contributed by atoms with E-state index in [0.717, 1.165) is 11.3 Å². The number of para-hydroxylation sites is 3. The van der Waals surface area contributed by atoms with Gasteiger partial charge in [0.25, 0.3) is 5.56 Å². The lowest BCUT2D eigenvalue weighted by Gasteiger charge is -2.29. The van der Waals surface area contributed by atoms with Crippen LogP contribution in [0.25, 0.3) is 16.6 Å². The Morgan fingerprint density at radius 1 is 1.09 bits per heavy atom. The van der Waals surface area contributed by atoms with Gasteiger partial charge in [-0.1, -0.05) is 43.3 Å². The molecule has 4 aromatic rings. The molecule has 174 valence electrons. The molecule has 0 saturated heterocycles. The number of amides is 2. The number of aromatic nitrogens is 2. The molecule has 1 atom stereocenters. The van der Waals surface area contributed by atoms with Crippen molar-refractivity contribution in [1.82, 2.24) is 14.5 Å². The van der Waals surface area contributed by atoms with Crippen molar-refractivity contribution in [3.63, 3.8) is 0 Å². The second-order valence-electron chi connectivity index (χ2n) is 8.13. The maximum Gasteiger partial charge on any atom is 0.322 e. The number of carbonyl (C=O) groups is 1. The van der Waals surface area contributed by atoms with Crippen molar-refractivity contribution in [2.45, 2.75) is 26.3 Å². The summed E-state index contributed by atoms with van der Waals surface area (Å²) in [7, 11) is 3.27. The summed E-state index contributed by atoms with van der Waals surface area (Å²) in [5.74, 6) is 1.08. The third kappa shape index (κ3) is 4.37. The number of hydrogen-bond acceptors (Lipinski definition) is 4. The van der Waals surface area contributed by atoms with Gasteiger partial charge in [0, 0.05) is 7.05 Å². The Balaban J connectivity index is 1.82. The third-order valence-corrected chi connectivity index (χ3v) is 5.88. The smallest absolute Gasteiger partial charge is 0.322 e. The number of methoxy groups -OCH3 is 1. The van der Waals surface area contributed by atoms with E-state index in [1.54, 1.807) is 41.8 Å². The van der Waals surface area contributed by atoms with Crippen LogP contribution in [0.3, 0.4) is 0 Å². The van der Waals surface area contributed by atoms with Crippen LogP contribution in [0.1, 0.15) is 30.8 Å². The van der Waals surface area contributed by atoms with Crippen molar-refractivity contribution in [2.24, 2.45) is 0 Å². The quantitative estimate of drug-likeness (QED) is 0.426. The Morgan fingerprint density at radius 3 is 2.56 bits per heavy atom. The van der Waals surface area contributed by atoms with Gasteiger partial charge in [-0.25, -0.2) is 9.78 Å². The number of aryl methyl sites for hydroxylation is 1. The van der Waals surface area contributed by atoms with Gasteiger partial charge >= 0.3 is 6.03 Å². The molecule has 0 spiro atoms. The van der Waals surface area contributed by atoms with Gasteiger partial charge in [-0.2, -0.15) is 0 Å². The van der Waals surface area contributed by atoms with Crippen molar-refractivity contribution >= 4 is 22.6 Å². The van der Waals surface area contributed by atoms with Crippen molar-refractivity contribution in [3.8, 4) is 11.4 Å². The van der Waals surface area contributed by atoms with Crippen LogP contribution >= 0.6 is 0 Å². The Labute approximate surface area is 198 Å². The van der Waals surface area contributed by atoms with Crippen LogP contribution in [0.15, 0.2) is 77.6 Å². The van der Waals surface area contributed by atoms with Crippen LogP contribution in [-0.2, 0) is 0 Å². The highest BCUT2D eigenvalue weighted by Crippen LogP contribution is 2.28. The molecule has 34 heavy (non-hydrogen) atoms. The lowest BCUT2D eigenvalue weighted by molar-refractivity contribution is 0.199. The topological polar surface area (TPSA) is 76.5 Å². The molecule has 0 aliphatic rings. The molecule has 0 bridgehead atoms. The molecule has 4 rings (SSSR count). The zero-order valence-electron chi connectivity index (χ0n) is 19.8. The minimum absolute atomic E-state index is 0.164. The fourth-order valence-electron chi connectivity index (χ4n) is 4.11. The van der Waals surface area contributed by atoms with Crippen molar-refractivity contribution in [3.05, 3.63) is 94.5 Å². The SMILES string of the molecule is CCC(c1nc2ccccc2c(=O)n1-c1cccc(C)c1)N(C)C(=O)Nc1ccccc1OC. The van der Waals surface area contributed by atoms with E-state index in [-0.39, 0.29) is 11.6 Å². The number of nitrogens with one attached hydrogen (secondary N) is 1. The first kappa shape index (κ1) is 23.0. The summed E-state index contributed by atoms with van der Waals surface area (Å²) in [5, 5.41) is 3.44. The predicted octanol–water partition coefficient (Wildman–Crippen LogP) is 5.32. The monoisotopic (exact) mass is 456 g/mol. The van der Waals surface area contributed by atoms with Crippen molar-refractivity contribution < 1.29 is 9.53 Å². The first-order valence-corrected chi connectivity index (χ1v) is 11.2. The van der Waals surface area contributed by atoms with E-state index < -0.39 is 6.04 Å². The molecule has 0 aliphatic carbocycles. The highest BCUT2D eigenvalue weighted by molar-refractivity contribution is 5.91. The normalized spacial score (nSPS) is 11.8. The van der Waals surface area contributed by atoms with E-state index in [1.165, 1.54) is 0 Å². The zero-order valence-corrected chi connectivity index (χ0v) is 19.8. The molecule has 1 unspecified atom stereocenters. The van der Waals surface area contributed by atoms with Crippen molar-refractivity contribution in [2.75, 3.05) is 19.5 Å². The van der Waals surface area contributed by atoms with Gasteiger partial charge in [-0.3, -0.25) is 9.36 Å². The van der Waals surface area contributed by atoms with E-state index >= 15 is 0 Å². The Kier molecular flexibility index (Phi) is 6.63. The average molecular weight is 457 g/mol. The lowest BCUT2D eigenvalue weighted by atomic mass is 10.1. The number of benzene rings is 3. The van der Waals surface area contributed by atoms with Gasteiger partial charge in [0.15, 0.2) is 0 Å². The van der Waals surface area contributed by atoms with Crippen LogP contribution < -0.4 is 15.6 Å².